The standard InChI is InChI=1S/C21H28N4O4S/c1-14(2)25(5)30(28,29)18-9-7-17(8-10-18)21(27)24-23-20(26)13-22-19-11-6-15(3)12-16(19)4/h6-12,14,22H,13H2,1-5H3,(H,23,26)(H,24,27). The molecule has 2 rings (SSSR count). The second kappa shape index (κ2) is 9.73. The largest absolute Gasteiger partial charge is 0.376 e. The number of carbonyl (C=O) groups is 2. The highest BCUT2D eigenvalue weighted by atomic mass is 32.2. The number of hydrogen-bond acceptors (Lipinski definition) is 5. The van der Waals surface area contributed by atoms with Crippen LogP contribution in [-0.2, 0) is 14.8 Å². The molecule has 30 heavy (non-hydrogen) atoms. The maximum Gasteiger partial charge on any atom is 0.269 e. The van der Waals surface area contributed by atoms with E-state index in [2.05, 4.69) is 16.2 Å². The molecule has 0 unspecified atom stereocenters. The van der Waals surface area contributed by atoms with E-state index in [4.69, 9.17) is 0 Å². The van der Waals surface area contributed by atoms with E-state index in [9.17, 15) is 18.0 Å². The zero-order valence-electron chi connectivity index (χ0n) is 17.8. The van der Waals surface area contributed by atoms with Crippen LogP contribution in [0.15, 0.2) is 47.4 Å². The maximum atomic E-state index is 12.5. The molecule has 0 heterocycles. The van der Waals surface area contributed by atoms with Crippen molar-refractivity contribution >= 4 is 27.5 Å². The van der Waals surface area contributed by atoms with Crippen LogP contribution in [0.25, 0.3) is 0 Å². The van der Waals surface area contributed by atoms with Gasteiger partial charge in [0, 0.05) is 24.3 Å². The van der Waals surface area contributed by atoms with Crippen molar-refractivity contribution in [1.82, 2.24) is 15.2 Å². The Bertz CT molecular complexity index is 1020. The van der Waals surface area contributed by atoms with Gasteiger partial charge in [-0.1, -0.05) is 17.7 Å². The average Bonchev–Trinajstić information content (AvgIpc) is 2.70. The summed E-state index contributed by atoms with van der Waals surface area (Å²) >= 11 is 0. The first kappa shape index (κ1) is 23.4. The minimum atomic E-state index is -3.62. The Morgan fingerprint density at radius 3 is 2.20 bits per heavy atom. The Morgan fingerprint density at radius 2 is 1.63 bits per heavy atom. The van der Waals surface area contributed by atoms with Crippen molar-refractivity contribution in [2.75, 3.05) is 18.9 Å². The van der Waals surface area contributed by atoms with Crippen LogP contribution in [0.1, 0.15) is 35.3 Å². The number of hydrazine groups is 1. The van der Waals surface area contributed by atoms with Crippen LogP contribution in [0.4, 0.5) is 5.69 Å². The highest BCUT2D eigenvalue weighted by Crippen LogP contribution is 2.17. The molecule has 162 valence electrons. The number of anilines is 1. The van der Waals surface area contributed by atoms with Gasteiger partial charge in [0.05, 0.1) is 11.4 Å². The number of carbonyl (C=O) groups excluding carboxylic acids is 2. The van der Waals surface area contributed by atoms with Crippen molar-refractivity contribution in [3.05, 3.63) is 59.2 Å². The molecule has 0 saturated carbocycles. The molecule has 0 saturated heterocycles. The van der Waals surface area contributed by atoms with Gasteiger partial charge in [-0.3, -0.25) is 20.4 Å². The third-order valence-corrected chi connectivity index (χ3v) is 6.71. The number of benzene rings is 2. The van der Waals surface area contributed by atoms with Crippen molar-refractivity contribution in [3.63, 3.8) is 0 Å². The zero-order chi connectivity index (χ0) is 22.5. The molecule has 0 atom stereocenters. The Kier molecular flexibility index (Phi) is 7.58. The molecule has 0 aliphatic heterocycles. The number of rotatable bonds is 7. The molecule has 0 aliphatic rings. The lowest BCUT2D eigenvalue weighted by Gasteiger charge is -2.21. The monoisotopic (exact) mass is 432 g/mol. The predicted molar refractivity (Wildman–Crippen MR) is 117 cm³/mol. The summed E-state index contributed by atoms with van der Waals surface area (Å²) in [5.74, 6) is -0.961. The highest BCUT2D eigenvalue weighted by Gasteiger charge is 2.23. The molecule has 0 fully saturated rings. The number of hydrogen-bond donors (Lipinski definition) is 3. The Balaban J connectivity index is 1.91. The van der Waals surface area contributed by atoms with Gasteiger partial charge >= 0.3 is 0 Å². The van der Waals surface area contributed by atoms with E-state index in [1.54, 1.807) is 13.8 Å². The summed E-state index contributed by atoms with van der Waals surface area (Å²) in [5, 5.41) is 3.01. The fraction of sp³-hybridized carbons (Fsp3) is 0.333. The zero-order valence-corrected chi connectivity index (χ0v) is 18.6. The van der Waals surface area contributed by atoms with Gasteiger partial charge in [-0.2, -0.15) is 4.31 Å². The van der Waals surface area contributed by atoms with Crippen molar-refractivity contribution in [1.29, 1.82) is 0 Å². The Morgan fingerprint density at radius 1 is 1.00 bits per heavy atom. The first-order valence-electron chi connectivity index (χ1n) is 9.50. The number of amides is 2. The van der Waals surface area contributed by atoms with Gasteiger partial charge in [0.25, 0.3) is 11.8 Å². The third kappa shape index (κ3) is 5.80. The van der Waals surface area contributed by atoms with Crippen LogP contribution in [-0.4, -0.2) is 44.2 Å². The highest BCUT2D eigenvalue weighted by molar-refractivity contribution is 7.89. The molecule has 2 aromatic rings. The van der Waals surface area contributed by atoms with Gasteiger partial charge in [0.1, 0.15) is 0 Å². The Hall–Kier alpha value is -2.91. The fourth-order valence-corrected chi connectivity index (χ4v) is 4.02. The first-order chi connectivity index (χ1) is 14.0. The summed E-state index contributed by atoms with van der Waals surface area (Å²) in [6.45, 7) is 7.47. The minimum Gasteiger partial charge on any atom is -0.376 e. The summed E-state index contributed by atoms with van der Waals surface area (Å²) in [6, 6.07) is 11.2. The lowest BCUT2D eigenvalue weighted by Crippen LogP contribution is -2.44. The van der Waals surface area contributed by atoms with E-state index < -0.39 is 21.8 Å². The molecule has 0 aliphatic carbocycles. The van der Waals surface area contributed by atoms with E-state index in [-0.39, 0.29) is 23.0 Å². The molecule has 0 bridgehead atoms. The first-order valence-corrected chi connectivity index (χ1v) is 10.9. The smallest absolute Gasteiger partial charge is 0.269 e. The lowest BCUT2D eigenvalue weighted by molar-refractivity contribution is -0.120. The molecule has 8 nitrogen and oxygen atoms in total. The third-order valence-electron chi connectivity index (χ3n) is 4.66. The van der Waals surface area contributed by atoms with Crippen molar-refractivity contribution in [3.8, 4) is 0 Å². The summed E-state index contributed by atoms with van der Waals surface area (Å²) in [7, 11) is -2.12. The quantitative estimate of drug-likeness (QED) is 0.582. The van der Waals surface area contributed by atoms with E-state index >= 15 is 0 Å². The SMILES string of the molecule is Cc1ccc(NCC(=O)NNC(=O)c2ccc(S(=O)(=O)N(C)C(C)C)cc2)c(C)c1. The van der Waals surface area contributed by atoms with Gasteiger partial charge in [-0.25, -0.2) is 8.42 Å². The maximum absolute atomic E-state index is 12.5. The van der Waals surface area contributed by atoms with Crippen molar-refractivity contribution in [2.45, 2.75) is 38.6 Å². The molecule has 0 aromatic heterocycles. The summed E-state index contributed by atoms with van der Waals surface area (Å²) < 4.78 is 26.2. The molecule has 2 aromatic carbocycles. The van der Waals surface area contributed by atoms with Gasteiger partial charge in [-0.15, -0.1) is 0 Å². The predicted octanol–water partition coefficient (Wildman–Crippen LogP) is 2.21. The van der Waals surface area contributed by atoms with Crippen LogP contribution in [0.2, 0.25) is 0 Å². The Labute approximate surface area is 177 Å². The van der Waals surface area contributed by atoms with Gasteiger partial charge in [-0.05, 0) is 63.6 Å². The summed E-state index contributed by atoms with van der Waals surface area (Å²) in [5.41, 5.74) is 7.86. The van der Waals surface area contributed by atoms with E-state index in [1.165, 1.54) is 35.6 Å². The van der Waals surface area contributed by atoms with E-state index in [0.29, 0.717) is 0 Å². The molecule has 3 N–H and O–H groups in total. The second-order valence-electron chi connectivity index (χ2n) is 7.31. The normalized spacial score (nSPS) is 11.4. The van der Waals surface area contributed by atoms with Crippen LogP contribution in [0.5, 0.6) is 0 Å². The van der Waals surface area contributed by atoms with E-state index in [1.807, 2.05) is 32.0 Å². The minimum absolute atomic E-state index is 0.0110. The van der Waals surface area contributed by atoms with Gasteiger partial charge in [0.15, 0.2) is 0 Å². The van der Waals surface area contributed by atoms with Crippen molar-refractivity contribution in [2.24, 2.45) is 0 Å². The molecule has 0 radical (unpaired) electrons. The average molecular weight is 433 g/mol. The second-order valence-corrected chi connectivity index (χ2v) is 9.31. The van der Waals surface area contributed by atoms with Gasteiger partial charge in [0.2, 0.25) is 10.0 Å². The lowest BCUT2D eigenvalue weighted by atomic mass is 10.1. The number of aryl methyl sites for hydroxylation is 2. The van der Waals surface area contributed by atoms with Gasteiger partial charge < -0.3 is 5.32 Å². The van der Waals surface area contributed by atoms with E-state index in [0.717, 1.165) is 16.8 Å². The van der Waals surface area contributed by atoms with Crippen LogP contribution in [0.3, 0.4) is 0 Å². The number of nitrogens with zero attached hydrogens (tertiary/aromatic N) is 1. The molecular weight excluding hydrogens is 404 g/mol. The van der Waals surface area contributed by atoms with Crippen LogP contribution >= 0.6 is 0 Å². The number of nitrogens with one attached hydrogen (secondary N) is 3. The number of sulfonamides is 1. The summed E-state index contributed by atoms with van der Waals surface area (Å²) in [6.07, 6.45) is 0. The fourth-order valence-electron chi connectivity index (χ4n) is 2.65. The van der Waals surface area contributed by atoms with Crippen LogP contribution in [0, 0.1) is 13.8 Å². The molecule has 9 heteroatoms. The molecular formula is C21H28N4O4S. The van der Waals surface area contributed by atoms with Crippen LogP contribution < -0.4 is 16.2 Å². The van der Waals surface area contributed by atoms with Crippen molar-refractivity contribution < 1.29 is 18.0 Å². The molecule has 2 amide bonds. The molecule has 0 spiro atoms. The summed E-state index contributed by atoms with van der Waals surface area (Å²) in [4.78, 5) is 24.3. The topological polar surface area (TPSA) is 108 Å².